The van der Waals surface area contributed by atoms with Crippen molar-refractivity contribution in [2.45, 2.75) is 64.9 Å². The van der Waals surface area contributed by atoms with Gasteiger partial charge in [0.25, 0.3) is 5.91 Å². The molecular formula is C15H26N2O4. The minimum absolute atomic E-state index is 0.133. The van der Waals surface area contributed by atoms with E-state index in [1.54, 1.807) is 0 Å². The highest BCUT2D eigenvalue weighted by Gasteiger charge is 2.29. The van der Waals surface area contributed by atoms with Crippen LogP contribution in [0.25, 0.3) is 0 Å². The number of imide groups is 1. The third-order valence-corrected chi connectivity index (χ3v) is 4.05. The summed E-state index contributed by atoms with van der Waals surface area (Å²) in [5.41, 5.74) is 4.85. The molecule has 0 heterocycles. The molecule has 0 spiro atoms. The van der Waals surface area contributed by atoms with Gasteiger partial charge in [-0.3, -0.25) is 14.9 Å². The van der Waals surface area contributed by atoms with Crippen molar-refractivity contribution in [3.8, 4) is 0 Å². The normalized spacial score (nSPS) is 23.1. The minimum Gasteiger partial charge on any atom is -0.452 e. The molecule has 3 amide bonds. The van der Waals surface area contributed by atoms with Gasteiger partial charge in [0.15, 0.2) is 6.10 Å². The molecule has 1 aliphatic carbocycles. The number of esters is 1. The summed E-state index contributed by atoms with van der Waals surface area (Å²) in [4.78, 5) is 34.0. The van der Waals surface area contributed by atoms with Gasteiger partial charge in [0, 0.05) is 0 Å². The van der Waals surface area contributed by atoms with E-state index in [-0.39, 0.29) is 11.9 Å². The average Bonchev–Trinajstić information content (AvgIpc) is 2.44. The van der Waals surface area contributed by atoms with Crippen LogP contribution < -0.4 is 11.1 Å². The lowest BCUT2D eigenvalue weighted by molar-refractivity contribution is -0.159. The summed E-state index contributed by atoms with van der Waals surface area (Å²) in [5, 5.41) is 1.90. The second-order valence-corrected chi connectivity index (χ2v) is 5.79. The van der Waals surface area contributed by atoms with E-state index in [1.165, 1.54) is 26.2 Å². The van der Waals surface area contributed by atoms with E-state index in [0.717, 1.165) is 25.7 Å². The van der Waals surface area contributed by atoms with Crippen molar-refractivity contribution < 1.29 is 19.1 Å². The zero-order valence-corrected chi connectivity index (χ0v) is 12.9. The summed E-state index contributed by atoms with van der Waals surface area (Å²) in [5.74, 6) is -0.458. The molecule has 0 aliphatic heterocycles. The molecule has 1 fully saturated rings. The van der Waals surface area contributed by atoms with E-state index in [0.29, 0.717) is 5.92 Å². The molecule has 0 radical (unpaired) electrons. The van der Waals surface area contributed by atoms with Crippen molar-refractivity contribution in [1.29, 1.82) is 0 Å². The van der Waals surface area contributed by atoms with Gasteiger partial charge in [0.2, 0.25) is 0 Å². The summed E-state index contributed by atoms with van der Waals surface area (Å²) < 4.78 is 5.11. The largest absolute Gasteiger partial charge is 0.452 e. The number of hydrogen-bond acceptors (Lipinski definition) is 4. The first kappa shape index (κ1) is 17.5. The summed E-state index contributed by atoms with van der Waals surface area (Å²) in [6.07, 6.45) is 6.40. The standard InChI is InChI=1S/C15H26N2O4/c1-3-4-5-11-6-8-12(9-7-11)14(19)21-10(2)13(18)17-15(16)20/h10-12H,3-9H2,1-2H3,(H3,16,17,18,20)/t10-,11?,12?/m1/s1. The first-order valence-electron chi connectivity index (χ1n) is 7.74. The molecule has 6 heteroatoms. The Morgan fingerprint density at radius 1 is 1.24 bits per heavy atom. The van der Waals surface area contributed by atoms with Gasteiger partial charge in [-0.2, -0.15) is 0 Å². The van der Waals surface area contributed by atoms with Crippen LogP contribution in [0.4, 0.5) is 4.79 Å². The predicted octanol–water partition coefficient (Wildman–Crippen LogP) is 2.11. The molecule has 6 nitrogen and oxygen atoms in total. The Morgan fingerprint density at radius 3 is 2.38 bits per heavy atom. The average molecular weight is 298 g/mol. The van der Waals surface area contributed by atoms with E-state index in [2.05, 4.69) is 6.92 Å². The zero-order chi connectivity index (χ0) is 15.8. The highest BCUT2D eigenvalue weighted by molar-refractivity contribution is 5.96. The van der Waals surface area contributed by atoms with Crippen LogP contribution in [-0.4, -0.2) is 24.0 Å². The molecule has 1 saturated carbocycles. The van der Waals surface area contributed by atoms with Gasteiger partial charge in [0.1, 0.15) is 0 Å². The highest BCUT2D eigenvalue weighted by Crippen LogP contribution is 2.32. The molecule has 1 rings (SSSR count). The van der Waals surface area contributed by atoms with Gasteiger partial charge < -0.3 is 10.5 Å². The highest BCUT2D eigenvalue weighted by atomic mass is 16.5. The first-order chi connectivity index (χ1) is 9.93. The Labute approximate surface area is 125 Å². The molecule has 21 heavy (non-hydrogen) atoms. The molecule has 0 saturated heterocycles. The molecular weight excluding hydrogens is 272 g/mol. The number of nitrogens with two attached hydrogens (primary N) is 1. The predicted molar refractivity (Wildman–Crippen MR) is 78.3 cm³/mol. The molecule has 3 N–H and O–H groups in total. The number of nitrogens with one attached hydrogen (secondary N) is 1. The molecule has 0 bridgehead atoms. The van der Waals surface area contributed by atoms with Crippen LogP contribution in [0.1, 0.15) is 58.8 Å². The number of urea groups is 1. The van der Waals surface area contributed by atoms with Gasteiger partial charge in [0.05, 0.1) is 5.92 Å². The Kier molecular flexibility index (Phi) is 7.19. The van der Waals surface area contributed by atoms with Crippen LogP contribution in [0, 0.1) is 11.8 Å². The van der Waals surface area contributed by atoms with Crippen molar-refractivity contribution in [2.75, 3.05) is 0 Å². The maximum Gasteiger partial charge on any atom is 0.318 e. The lowest BCUT2D eigenvalue weighted by atomic mass is 9.80. The van der Waals surface area contributed by atoms with Crippen LogP contribution >= 0.6 is 0 Å². The van der Waals surface area contributed by atoms with Crippen molar-refractivity contribution in [1.82, 2.24) is 5.32 Å². The van der Waals surface area contributed by atoms with E-state index in [9.17, 15) is 14.4 Å². The third-order valence-electron chi connectivity index (χ3n) is 4.05. The summed E-state index contributed by atoms with van der Waals surface area (Å²) in [6.45, 7) is 3.62. The summed E-state index contributed by atoms with van der Waals surface area (Å²) in [6, 6.07) is -0.945. The number of rotatable bonds is 6. The van der Waals surface area contributed by atoms with E-state index < -0.39 is 18.0 Å². The molecule has 0 unspecified atom stereocenters. The fourth-order valence-corrected chi connectivity index (χ4v) is 2.73. The molecule has 0 aromatic carbocycles. The van der Waals surface area contributed by atoms with Gasteiger partial charge in [-0.25, -0.2) is 4.79 Å². The molecule has 1 aliphatic rings. The first-order valence-corrected chi connectivity index (χ1v) is 7.74. The number of hydrogen-bond donors (Lipinski definition) is 2. The number of unbranched alkanes of at least 4 members (excludes halogenated alkanes) is 1. The second kappa shape index (κ2) is 8.64. The Morgan fingerprint density at radius 2 is 1.86 bits per heavy atom. The van der Waals surface area contributed by atoms with Crippen molar-refractivity contribution in [3.63, 3.8) is 0 Å². The Hall–Kier alpha value is -1.59. The lowest BCUT2D eigenvalue weighted by Gasteiger charge is -2.27. The lowest BCUT2D eigenvalue weighted by Crippen LogP contribution is -2.43. The number of ether oxygens (including phenoxy) is 1. The second-order valence-electron chi connectivity index (χ2n) is 5.79. The van der Waals surface area contributed by atoms with Crippen LogP contribution in [-0.2, 0) is 14.3 Å². The van der Waals surface area contributed by atoms with Crippen molar-refractivity contribution >= 4 is 17.9 Å². The number of carbonyl (C=O) groups is 3. The maximum atomic E-state index is 12.0. The Balaban J connectivity index is 2.33. The van der Waals surface area contributed by atoms with Gasteiger partial charge in [-0.05, 0) is 38.5 Å². The van der Waals surface area contributed by atoms with Gasteiger partial charge in [-0.15, -0.1) is 0 Å². The monoisotopic (exact) mass is 298 g/mol. The number of carbonyl (C=O) groups excluding carboxylic acids is 3. The number of amides is 3. The molecule has 1 atom stereocenters. The molecule has 0 aromatic heterocycles. The fourth-order valence-electron chi connectivity index (χ4n) is 2.73. The smallest absolute Gasteiger partial charge is 0.318 e. The van der Waals surface area contributed by atoms with Crippen LogP contribution in [0.3, 0.4) is 0 Å². The van der Waals surface area contributed by atoms with Crippen molar-refractivity contribution in [2.24, 2.45) is 17.6 Å². The van der Waals surface area contributed by atoms with Gasteiger partial charge in [-0.1, -0.05) is 26.2 Å². The number of primary amides is 1. The quantitative estimate of drug-likeness (QED) is 0.734. The molecule has 0 aromatic rings. The van der Waals surface area contributed by atoms with E-state index in [1.807, 2.05) is 5.32 Å². The van der Waals surface area contributed by atoms with Crippen LogP contribution in [0.15, 0.2) is 0 Å². The van der Waals surface area contributed by atoms with E-state index in [4.69, 9.17) is 10.5 Å². The van der Waals surface area contributed by atoms with Crippen molar-refractivity contribution in [3.05, 3.63) is 0 Å². The van der Waals surface area contributed by atoms with Gasteiger partial charge >= 0.3 is 12.0 Å². The topological polar surface area (TPSA) is 98.5 Å². The SMILES string of the molecule is CCCCC1CCC(C(=O)O[C@H](C)C(=O)NC(N)=O)CC1. The Bertz CT molecular complexity index is 376. The van der Waals surface area contributed by atoms with Crippen LogP contribution in [0.2, 0.25) is 0 Å². The maximum absolute atomic E-state index is 12.0. The zero-order valence-electron chi connectivity index (χ0n) is 12.9. The van der Waals surface area contributed by atoms with E-state index >= 15 is 0 Å². The van der Waals surface area contributed by atoms with Crippen LogP contribution in [0.5, 0.6) is 0 Å². The summed E-state index contributed by atoms with van der Waals surface area (Å²) >= 11 is 0. The summed E-state index contributed by atoms with van der Waals surface area (Å²) in [7, 11) is 0. The third kappa shape index (κ3) is 6.14. The fraction of sp³-hybridized carbons (Fsp3) is 0.800. The molecule has 120 valence electrons. The minimum atomic E-state index is -0.997.